The Bertz CT molecular complexity index is 595. The van der Waals surface area contributed by atoms with Gasteiger partial charge in [-0.1, -0.05) is 0 Å². The third-order valence-corrected chi connectivity index (χ3v) is 3.73. The van der Waals surface area contributed by atoms with Gasteiger partial charge in [0.15, 0.2) is 0 Å². The zero-order chi connectivity index (χ0) is 12.4. The predicted molar refractivity (Wildman–Crippen MR) is 67.8 cm³/mol. The molecule has 0 aliphatic carbocycles. The Morgan fingerprint density at radius 2 is 2.18 bits per heavy atom. The molecule has 0 spiro atoms. The van der Waals surface area contributed by atoms with Gasteiger partial charge in [0.1, 0.15) is 18.6 Å². The van der Waals surface area contributed by atoms with E-state index >= 15 is 0 Å². The standard InChI is InChI=1S/C11H16N5S/c1-9-8-17-11(16(9)4)13-12-7-10-14(2)5-6-15(10)3/h5-8H,1-4H3/q+1. The molecule has 0 amide bonds. The van der Waals surface area contributed by atoms with Crippen LogP contribution in [0.3, 0.4) is 0 Å². The molecule has 2 heterocycles. The molecule has 2 rings (SSSR count). The summed E-state index contributed by atoms with van der Waals surface area (Å²) < 4.78 is 6.02. The number of nitrogens with zero attached hydrogens (tertiary/aromatic N) is 5. The molecule has 0 unspecified atom stereocenters. The highest BCUT2D eigenvalue weighted by Gasteiger charge is 2.06. The normalized spacial score (nSPS) is 12.8. The van der Waals surface area contributed by atoms with Gasteiger partial charge < -0.3 is 4.57 Å². The highest BCUT2D eigenvalue weighted by Crippen LogP contribution is 1.96. The first-order valence-electron chi connectivity index (χ1n) is 5.28. The van der Waals surface area contributed by atoms with Gasteiger partial charge in [-0.15, -0.1) is 21.5 Å². The fourth-order valence-corrected chi connectivity index (χ4v) is 2.28. The molecule has 6 heteroatoms. The van der Waals surface area contributed by atoms with E-state index in [1.165, 1.54) is 5.69 Å². The fraction of sp³-hybridized carbons (Fsp3) is 0.364. The van der Waals surface area contributed by atoms with Crippen molar-refractivity contribution < 1.29 is 4.57 Å². The van der Waals surface area contributed by atoms with E-state index in [-0.39, 0.29) is 0 Å². The minimum atomic E-state index is 0.899. The smallest absolute Gasteiger partial charge is 0.301 e. The van der Waals surface area contributed by atoms with Crippen molar-refractivity contribution in [1.29, 1.82) is 0 Å². The molecular weight excluding hydrogens is 234 g/mol. The molecule has 5 nitrogen and oxygen atoms in total. The zero-order valence-electron chi connectivity index (χ0n) is 10.5. The van der Waals surface area contributed by atoms with E-state index in [0.29, 0.717) is 0 Å². The molecule has 0 aromatic carbocycles. The van der Waals surface area contributed by atoms with E-state index < -0.39 is 0 Å². The third-order valence-electron chi connectivity index (χ3n) is 2.70. The van der Waals surface area contributed by atoms with Crippen LogP contribution in [0.4, 0.5) is 0 Å². The van der Waals surface area contributed by atoms with Crippen LogP contribution in [0.1, 0.15) is 11.5 Å². The van der Waals surface area contributed by atoms with Crippen LogP contribution < -0.4 is 9.37 Å². The largest absolute Gasteiger partial charge is 0.323 e. The molecule has 0 aliphatic rings. The molecule has 0 N–H and O–H groups in total. The van der Waals surface area contributed by atoms with Crippen LogP contribution in [0.25, 0.3) is 0 Å². The highest BCUT2D eigenvalue weighted by atomic mass is 32.1. The van der Waals surface area contributed by atoms with Crippen molar-refractivity contribution in [3.63, 3.8) is 0 Å². The van der Waals surface area contributed by atoms with Crippen molar-refractivity contribution >= 4 is 17.6 Å². The maximum absolute atomic E-state index is 4.21. The van der Waals surface area contributed by atoms with Gasteiger partial charge in [0.25, 0.3) is 0 Å². The average Bonchev–Trinajstić information content (AvgIpc) is 2.78. The molecule has 0 saturated heterocycles. The lowest BCUT2D eigenvalue weighted by Crippen LogP contribution is -2.31. The quantitative estimate of drug-likeness (QED) is 0.423. The molecule has 0 aliphatic heterocycles. The second kappa shape index (κ2) is 4.67. The summed E-state index contributed by atoms with van der Waals surface area (Å²) in [4.78, 5) is 0.899. The van der Waals surface area contributed by atoms with Crippen LogP contribution in [-0.2, 0) is 21.1 Å². The van der Waals surface area contributed by atoms with Crippen molar-refractivity contribution in [2.24, 2.45) is 31.3 Å². The van der Waals surface area contributed by atoms with Gasteiger partial charge in [0.2, 0.25) is 4.80 Å². The Kier molecular flexibility index (Phi) is 3.23. The second-order valence-corrected chi connectivity index (χ2v) is 4.78. The van der Waals surface area contributed by atoms with E-state index in [4.69, 9.17) is 0 Å². The highest BCUT2D eigenvalue weighted by molar-refractivity contribution is 7.07. The summed E-state index contributed by atoms with van der Waals surface area (Å²) in [6.07, 6.45) is 5.72. The lowest BCUT2D eigenvalue weighted by molar-refractivity contribution is -0.671. The van der Waals surface area contributed by atoms with Gasteiger partial charge >= 0.3 is 5.82 Å². The number of aryl methyl sites for hydroxylation is 3. The molecule has 2 aromatic heterocycles. The van der Waals surface area contributed by atoms with Gasteiger partial charge in [-0.3, -0.25) is 0 Å². The van der Waals surface area contributed by atoms with Crippen molar-refractivity contribution in [3.8, 4) is 0 Å². The molecule has 0 radical (unpaired) electrons. The monoisotopic (exact) mass is 250 g/mol. The summed E-state index contributed by atoms with van der Waals surface area (Å²) in [5, 5.41) is 10.4. The first-order valence-corrected chi connectivity index (χ1v) is 6.16. The third kappa shape index (κ3) is 2.36. The first kappa shape index (κ1) is 11.8. The molecule has 90 valence electrons. The number of hydrogen-bond donors (Lipinski definition) is 0. The molecule has 0 atom stereocenters. The van der Waals surface area contributed by atoms with Crippen LogP contribution in [0, 0.1) is 6.92 Å². The van der Waals surface area contributed by atoms with Crippen LogP contribution in [-0.4, -0.2) is 15.3 Å². The van der Waals surface area contributed by atoms with Crippen LogP contribution in [0.15, 0.2) is 28.0 Å². The lowest BCUT2D eigenvalue weighted by atomic mass is 10.6. The average molecular weight is 250 g/mol. The summed E-state index contributed by atoms with van der Waals surface area (Å²) >= 11 is 1.59. The topological polar surface area (TPSA) is 38.5 Å². The zero-order valence-corrected chi connectivity index (χ0v) is 11.3. The number of rotatable bonds is 2. The maximum atomic E-state index is 4.21. The Morgan fingerprint density at radius 1 is 1.41 bits per heavy atom. The SMILES string of the molecule is Cc1cs/c(=N\N=C\c2n(C)cc[n+]2C)n1C. The summed E-state index contributed by atoms with van der Waals surface area (Å²) in [6, 6.07) is 0. The Morgan fingerprint density at radius 3 is 2.71 bits per heavy atom. The van der Waals surface area contributed by atoms with Crippen molar-refractivity contribution in [3.05, 3.63) is 34.1 Å². The van der Waals surface area contributed by atoms with Crippen molar-refractivity contribution in [1.82, 2.24) is 9.13 Å². The van der Waals surface area contributed by atoms with Gasteiger partial charge in [-0.25, -0.2) is 9.13 Å². The van der Waals surface area contributed by atoms with Crippen LogP contribution >= 0.6 is 11.3 Å². The Labute approximate surface area is 104 Å². The number of aromatic nitrogens is 3. The van der Waals surface area contributed by atoms with Crippen molar-refractivity contribution in [2.45, 2.75) is 6.92 Å². The number of hydrogen-bond acceptors (Lipinski definition) is 3. The van der Waals surface area contributed by atoms with Crippen molar-refractivity contribution in [2.75, 3.05) is 0 Å². The first-order chi connectivity index (χ1) is 8.09. The number of imidazole rings is 1. The van der Waals surface area contributed by atoms with E-state index in [2.05, 4.69) is 22.5 Å². The molecular formula is C11H16N5S+. The van der Waals surface area contributed by atoms with Gasteiger partial charge in [0.05, 0.1) is 14.1 Å². The summed E-state index contributed by atoms with van der Waals surface area (Å²) in [5.41, 5.74) is 1.19. The minimum Gasteiger partial charge on any atom is -0.323 e. The summed E-state index contributed by atoms with van der Waals surface area (Å²) in [5.74, 6) is 1.00. The maximum Gasteiger partial charge on any atom is 0.301 e. The van der Waals surface area contributed by atoms with Crippen LogP contribution in [0.5, 0.6) is 0 Å². The Balaban J connectivity index is 2.29. The second-order valence-electron chi connectivity index (χ2n) is 3.94. The predicted octanol–water partition coefficient (Wildman–Crippen LogP) is 0.493. The molecule has 0 fully saturated rings. The molecule has 0 bridgehead atoms. The molecule has 17 heavy (non-hydrogen) atoms. The van der Waals surface area contributed by atoms with Gasteiger partial charge in [0, 0.05) is 18.1 Å². The van der Waals surface area contributed by atoms with E-state index in [0.717, 1.165) is 10.6 Å². The lowest BCUT2D eigenvalue weighted by Gasteiger charge is -1.91. The van der Waals surface area contributed by atoms with Crippen LogP contribution in [0.2, 0.25) is 0 Å². The fourth-order valence-electron chi connectivity index (χ4n) is 1.45. The van der Waals surface area contributed by atoms with Gasteiger partial charge in [-0.05, 0) is 6.92 Å². The molecule has 2 aromatic rings. The van der Waals surface area contributed by atoms with E-state index in [1.54, 1.807) is 17.6 Å². The summed E-state index contributed by atoms with van der Waals surface area (Å²) in [6.45, 7) is 2.05. The van der Waals surface area contributed by atoms with E-state index in [1.807, 2.05) is 47.2 Å². The number of thiazole rings is 1. The minimum absolute atomic E-state index is 0.899. The molecule has 0 saturated carbocycles. The summed E-state index contributed by atoms with van der Waals surface area (Å²) in [7, 11) is 5.95. The van der Waals surface area contributed by atoms with Gasteiger partial charge in [-0.2, -0.15) is 0 Å². The van der Waals surface area contributed by atoms with E-state index in [9.17, 15) is 0 Å². The Hall–Kier alpha value is -1.69.